The summed E-state index contributed by atoms with van der Waals surface area (Å²) in [5.74, 6) is 0. The largest absolute Gasteiger partial charge is 0.355 e. The van der Waals surface area contributed by atoms with E-state index in [0.29, 0.717) is 0 Å². The van der Waals surface area contributed by atoms with Gasteiger partial charge >= 0.3 is 0 Å². The van der Waals surface area contributed by atoms with Crippen LogP contribution >= 0.6 is 0 Å². The molecule has 0 aliphatic rings. The molecular weight excluding hydrogens is 532 g/mol. The zero-order valence-electron chi connectivity index (χ0n) is 24.3. The lowest BCUT2D eigenvalue weighted by Crippen LogP contribution is -1.95. The summed E-state index contributed by atoms with van der Waals surface area (Å²) in [5.41, 5.74) is 13.7. The fourth-order valence-electron chi connectivity index (χ4n) is 5.64. The van der Waals surface area contributed by atoms with Gasteiger partial charge in [0, 0.05) is 33.9 Å². The fraction of sp³-hybridized carbons (Fsp3) is 0. The van der Waals surface area contributed by atoms with Crippen LogP contribution in [0.2, 0.25) is 0 Å². The smallest absolute Gasteiger partial charge is 0.0464 e. The number of hydrogen-bond donors (Lipinski definition) is 2. The van der Waals surface area contributed by atoms with Crippen molar-refractivity contribution >= 4 is 22.7 Å². The second-order valence-corrected chi connectivity index (χ2v) is 10.8. The van der Waals surface area contributed by atoms with Crippen LogP contribution in [0.3, 0.4) is 0 Å². The molecule has 2 heteroatoms. The summed E-state index contributed by atoms with van der Waals surface area (Å²) in [6.45, 7) is 0. The van der Waals surface area contributed by atoms with Crippen LogP contribution < -0.4 is 10.6 Å². The third kappa shape index (κ3) is 6.01. The molecule has 0 bridgehead atoms. The van der Waals surface area contributed by atoms with Gasteiger partial charge in [-0.2, -0.15) is 0 Å². The zero-order valence-corrected chi connectivity index (χ0v) is 24.3. The summed E-state index contributed by atoms with van der Waals surface area (Å²) in [4.78, 5) is 0. The molecule has 210 valence electrons. The van der Waals surface area contributed by atoms with Gasteiger partial charge in [0.25, 0.3) is 0 Å². The first kappa shape index (κ1) is 27.0. The van der Waals surface area contributed by atoms with Crippen LogP contribution in [-0.2, 0) is 0 Å². The van der Waals surface area contributed by atoms with Crippen LogP contribution in [-0.4, -0.2) is 0 Å². The topological polar surface area (TPSA) is 24.1 Å². The molecular formula is C42H32N2. The highest BCUT2D eigenvalue weighted by Gasteiger charge is 2.11. The Morgan fingerprint density at radius 1 is 0.250 bits per heavy atom. The molecule has 0 atom stereocenters. The van der Waals surface area contributed by atoms with Gasteiger partial charge in [-0.05, 0) is 81.9 Å². The van der Waals surface area contributed by atoms with E-state index in [4.69, 9.17) is 0 Å². The number of hydrogen-bond acceptors (Lipinski definition) is 2. The van der Waals surface area contributed by atoms with Crippen molar-refractivity contribution in [3.63, 3.8) is 0 Å². The minimum Gasteiger partial charge on any atom is -0.355 e. The summed E-state index contributed by atoms with van der Waals surface area (Å²) in [6, 6.07) is 64.0. The second-order valence-electron chi connectivity index (χ2n) is 10.8. The third-order valence-electron chi connectivity index (χ3n) is 7.84. The molecule has 0 aliphatic heterocycles. The lowest BCUT2D eigenvalue weighted by molar-refractivity contribution is 1.51. The molecule has 7 aromatic carbocycles. The molecule has 0 amide bonds. The molecule has 7 aromatic rings. The lowest BCUT2D eigenvalue weighted by atomic mass is 9.94. The maximum Gasteiger partial charge on any atom is 0.0464 e. The number of nitrogens with one attached hydrogen (secondary N) is 2. The Bertz CT molecular complexity index is 2000. The van der Waals surface area contributed by atoms with Gasteiger partial charge in [0.05, 0.1) is 0 Å². The van der Waals surface area contributed by atoms with Crippen molar-refractivity contribution in [3.8, 4) is 44.5 Å². The van der Waals surface area contributed by atoms with Gasteiger partial charge in [-0.15, -0.1) is 0 Å². The Kier molecular flexibility index (Phi) is 7.71. The maximum atomic E-state index is 3.69. The van der Waals surface area contributed by atoms with Crippen molar-refractivity contribution in [2.24, 2.45) is 0 Å². The summed E-state index contributed by atoms with van der Waals surface area (Å²) in [5, 5.41) is 7.32. The van der Waals surface area contributed by atoms with E-state index in [2.05, 4.69) is 187 Å². The van der Waals surface area contributed by atoms with Crippen molar-refractivity contribution in [3.05, 3.63) is 182 Å². The predicted molar refractivity (Wildman–Crippen MR) is 188 cm³/mol. The van der Waals surface area contributed by atoms with Crippen LogP contribution in [0.1, 0.15) is 0 Å². The molecule has 2 nitrogen and oxygen atoms in total. The zero-order chi connectivity index (χ0) is 29.6. The molecule has 0 spiro atoms. The van der Waals surface area contributed by atoms with E-state index in [9.17, 15) is 0 Å². The van der Waals surface area contributed by atoms with Gasteiger partial charge in [-0.3, -0.25) is 0 Å². The summed E-state index contributed by atoms with van der Waals surface area (Å²) in [7, 11) is 0. The summed E-state index contributed by atoms with van der Waals surface area (Å²) >= 11 is 0. The molecule has 0 radical (unpaired) electrons. The van der Waals surface area contributed by atoms with E-state index >= 15 is 0 Å². The Morgan fingerprint density at radius 3 is 1.52 bits per heavy atom. The summed E-state index contributed by atoms with van der Waals surface area (Å²) < 4.78 is 0. The van der Waals surface area contributed by atoms with E-state index < -0.39 is 0 Å². The minimum atomic E-state index is 1.06. The monoisotopic (exact) mass is 564 g/mol. The Morgan fingerprint density at radius 2 is 0.750 bits per heavy atom. The molecule has 0 saturated heterocycles. The quantitative estimate of drug-likeness (QED) is 0.192. The molecule has 0 aromatic heterocycles. The molecule has 7 rings (SSSR count). The molecule has 2 N–H and O–H groups in total. The van der Waals surface area contributed by atoms with Crippen LogP contribution in [0.5, 0.6) is 0 Å². The Hall–Kier alpha value is -5.86. The first-order valence-electron chi connectivity index (χ1n) is 14.9. The second kappa shape index (κ2) is 12.6. The Labute approximate surface area is 259 Å². The van der Waals surface area contributed by atoms with Gasteiger partial charge in [0.15, 0.2) is 0 Å². The van der Waals surface area contributed by atoms with Crippen molar-refractivity contribution < 1.29 is 0 Å². The van der Waals surface area contributed by atoms with E-state index in [1.807, 2.05) is 6.07 Å². The normalized spacial score (nSPS) is 10.7. The van der Waals surface area contributed by atoms with Gasteiger partial charge in [0.1, 0.15) is 0 Å². The van der Waals surface area contributed by atoms with Crippen molar-refractivity contribution in [1.29, 1.82) is 0 Å². The highest BCUT2D eigenvalue weighted by molar-refractivity contribution is 5.88. The molecule has 44 heavy (non-hydrogen) atoms. The van der Waals surface area contributed by atoms with Gasteiger partial charge < -0.3 is 10.6 Å². The number of para-hydroxylation sites is 2. The minimum absolute atomic E-state index is 1.06. The number of anilines is 4. The first-order valence-corrected chi connectivity index (χ1v) is 14.9. The summed E-state index contributed by atoms with van der Waals surface area (Å²) in [6.07, 6.45) is 0. The van der Waals surface area contributed by atoms with E-state index in [0.717, 1.165) is 39.4 Å². The van der Waals surface area contributed by atoms with E-state index in [1.54, 1.807) is 0 Å². The van der Waals surface area contributed by atoms with Crippen molar-refractivity contribution in [1.82, 2.24) is 0 Å². The van der Waals surface area contributed by atoms with Crippen LogP contribution in [0.4, 0.5) is 22.7 Å². The van der Waals surface area contributed by atoms with Crippen LogP contribution in [0.25, 0.3) is 44.5 Å². The van der Waals surface area contributed by atoms with Crippen molar-refractivity contribution in [2.45, 2.75) is 0 Å². The highest BCUT2D eigenvalue weighted by Crippen LogP contribution is 2.37. The van der Waals surface area contributed by atoms with E-state index in [-0.39, 0.29) is 0 Å². The molecule has 0 heterocycles. The standard InChI is InChI=1S/C42H32N2/c1-4-14-31(15-5-1)34-19-13-23-38(29-34)44-41-25-11-10-24-39(41)36-20-12-18-33(28-36)35-26-27-42(43-37-21-8-3-9-22-37)40(30-35)32-16-6-2-7-17-32/h1-30,43-44H. The van der Waals surface area contributed by atoms with Gasteiger partial charge in [-0.1, -0.05) is 133 Å². The maximum absolute atomic E-state index is 3.69. The molecule has 0 fully saturated rings. The van der Waals surface area contributed by atoms with Crippen LogP contribution in [0, 0.1) is 0 Å². The number of rotatable bonds is 8. The molecule has 0 unspecified atom stereocenters. The van der Waals surface area contributed by atoms with Crippen molar-refractivity contribution in [2.75, 3.05) is 10.6 Å². The van der Waals surface area contributed by atoms with Gasteiger partial charge in [0.2, 0.25) is 0 Å². The first-order chi connectivity index (χ1) is 21.8. The third-order valence-corrected chi connectivity index (χ3v) is 7.84. The lowest BCUT2D eigenvalue weighted by Gasteiger charge is -2.16. The van der Waals surface area contributed by atoms with Gasteiger partial charge in [-0.25, -0.2) is 0 Å². The molecule has 0 saturated carbocycles. The average Bonchev–Trinajstić information content (AvgIpc) is 3.10. The molecule has 0 aliphatic carbocycles. The average molecular weight is 565 g/mol. The number of benzene rings is 7. The van der Waals surface area contributed by atoms with E-state index in [1.165, 1.54) is 27.8 Å². The fourth-order valence-corrected chi connectivity index (χ4v) is 5.64. The predicted octanol–water partition coefficient (Wildman–Crippen LogP) is 11.8. The SMILES string of the molecule is c1ccc(Nc2ccc(-c3cccc(-c4ccccc4Nc4cccc(-c5ccccc5)c4)c3)cc2-c2ccccc2)cc1. The Balaban J connectivity index is 1.22. The van der Waals surface area contributed by atoms with Crippen LogP contribution in [0.15, 0.2) is 182 Å². The highest BCUT2D eigenvalue weighted by atomic mass is 14.9.